The van der Waals surface area contributed by atoms with Gasteiger partial charge in [0, 0.05) is 43.2 Å². The molecule has 1 unspecified atom stereocenters. The zero-order chi connectivity index (χ0) is 30.9. The van der Waals surface area contributed by atoms with Gasteiger partial charge in [0.2, 0.25) is 0 Å². The van der Waals surface area contributed by atoms with Crippen molar-refractivity contribution in [1.29, 1.82) is 0 Å². The Labute approximate surface area is 256 Å². The molecular weight excluding hydrogens is 583 g/mol. The lowest BCUT2D eigenvalue weighted by atomic mass is 9.74. The maximum Gasteiger partial charge on any atom is 0.407 e. The number of aliphatic hydroxyl groups excluding tert-OH is 1. The molecule has 4 rings (SSSR count). The average molecular weight is 625 g/mol. The molecule has 13 heteroatoms. The second kappa shape index (κ2) is 12.7. The van der Waals surface area contributed by atoms with Crippen molar-refractivity contribution in [2.45, 2.75) is 88.2 Å². The lowest BCUT2D eigenvalue weighted by Crippen LogP contribution is -2.56. The van der Waals surface area contributed by atoms with Crippen LogP contribution in [0.1, 0.15) is 60.1 Å². The first-order chi connectivity index (χ1) is 19.6. The topological polar surface area (TPSA) is 124 Å². The molecule has 3 N–H and O–H groups in total. The van der Waals surface area contributed by atoms with E-state index in [1.807, 2.05) is 36.6 Å². The predicted octanol–water partition coefficient (Wildman–Crippen LogP) is 4.84. The minimum atomic E-state index is -0.758. The Morgan fingerprint density at radius 3 is 2.45 bits per heavy atom. The SMILES string of the molecule is CC(C)(C)OC(=O)NC(CF)C1(C)CCN(c2ncc(Sc3ccnc(N4CC(C(C)(C)O)C4)c3Cl)nc2CO)CC1. The highest BCUT2D eigenvalue weighted by atomic mass is 35.5. The van der Waals surface area contributed by atoms with Crippen molar-refractivity contribution in [2.24, 2.45) is 11.3 Å². The molecule has 1 atom stereocenters. The van der Waals surface area contributed by atoms with E-state index in [1.54, 1.807) is 33.2 Å². The molecule has 0 aliphatic carbocycles. The van der Waals surface area contributed by atoms with Gasteiger partial charge in [0.1, 0.15) is 28.8 Å². The van der Waals surface area contributed by atoms with Crippen molar-refractivity contribution in [1.82, 2.24) is 20.3 Å². The Morgan fingerprint density at radius 2 is 1.88 bits per heavy atom. The summed E-state index contributed by atoms with van der Waals surface area (Å²) < 4.78 is 19.4. The number of halogens is 2. The van der Waals surface area contributed by atoms with E-state index >= 15 is 0 Å². The van der Waals surface area contributed by atoms with Crippen LogP contribution in [0.3, 0.4) is 0 Å². The van der Waals surface area contributed by atoms with E-state index in [4.69, 9.17) is 16.3 Å². The van der Waals surface area contributed by atoms with Crippen molar-refractivity contribution in [3.63, 3.8) is 0 Å². The molecule has 2 aromatic rings. The van der Waals surface area contributed by atoms with Crippen LogP contribution in [0.15, 0.2) is 28.4 Å². The fourth-order valence-electron chi connectivity index (χ4n) is 5.17. The first kappa shape index (κ1) is 32.5. The third-order valence-electron chi connectivity index (χ3n) is 8.07. The van der Waals surface area contributed by atoms with E-state index in [-0.39, 0.29) is 12.5 Å². The van der Waals surface area contributed by atoms with Gasteiger partial charge in [-0.25, -0.2) is 24.1 Å². The minimum Gasteiger partial charge on any atom is -0.444 e. The Hall–Kier alpha value is -2.41. The number of anilines is 2. The first-order valence-electron chi connectivity index (χ1n) is 14.2. The molecule has 2 aromatic heterocycles. The Balaban J connectivity index is 1.41. The van der Waals surface area contributed by atoms with Crippen molar-refractivity contribution >= 4 is 41.1 Å². The van der Waals surface area contributed by atoms with Gasteiger partial charge in [-0.15, -0.1) is 0 Å². The number of rotatable bonds is 9. The van der Waals surface area contributed by atoms with Gasteiger partial charge in [-0.05, 0) is 58.9 Å². The van der Waals surface area contributed by atoms with Gasteiger partial charge in [-0.3, -0.25) is 0 Å². The summed E-state index contributed by atoms with van der Waals surface area (Å²) in [5.74, 6) is 1.40. The summed E-state index contributed by atoms with van der Waals surface area (Å²) in [6.07, 6.45) is 3.95. The smallest absolute Gasteiger partial charge is 0.407 e. The number of alkyl halides is 1. The second-order valence-corrected chi connectivity index (χ2v) is 14.4. The average Bonchev–Trinajstić information content (AvgIpc) is 2.87. The number of carbonyl (C=O) groups is 1. The number of ether oxygens (including phenoxy) is 1. The number of hydrogen-bond acceptors (Lipinski definition) is 10. The molecule has 42 heavy (non-hydrogen) atoms. The molecule has 0 radical (unpaired) electrons. The standard InChI is InChI=1S/C29H42ClFN6O4S/c1-27(2,3)41-26(39)35-21(13-31)29(6)8-11-36(12-9-29)24-19(17-38)34-22(14-33-24)42-20-7-10-32-25(23(20)30)37-15-18(16-37)28(4,5)40/h7,10,14,18,21,38,40H,8-9,11-13,15-17H2,1-6H3,(H,35,39). The zero-order valence-electron chi connectivity index (χ0n) is 25.2. The Morgan fingerprint density at radius 1 is 1.21 bits per heavy atom. The van der Waals surface area contributed by atoms with Gasteiger partial charge >= 0.3 is 6.09 Å². The molecule has 1 amide bonds. The van der Waals surface area contributed by atoms with Gasteiger partial charge in [-0.1, -0.05) is 30.3 Å². The quantitative estimate of drug-likeness (QED) is 0.357. The Bertz CT molecular complexity index is 1260. The summed E-state index contributed by atoms with van der Waals surface area (Å²) in [6.45, 7) is 12.4. The van der Waals surface area contributed by atoms with E-state index in [1.165, 1.54) is 11.8 Å². The van der Waals surface area contributed by atoms with Crippen LogP contribution in [0.2, 0.25) is 5.02 Å². The molecule has 10 nitrogen and oxygen atoms in total. The number of nitrogens with zero attached hydrogens (tertiary/aromatic N) is 5. The van der Waals surface area contributed by atoms with Gasteiger partial charge in [0.15, 0.2) is 5.82 Å². The first-order valence-corrected chi connectivity index (χ1v) is 15.4. The van der Waals surface area contributed by atoms with Crippen LogP contribution in [0.25, 0.3) is 0 Å². The number of piperidine rings is 1. The number of aliphatic hydroxyl groups is 2. The van der Waals surface area contributed by atoms with Crippen molar-refractivity contribution < 1.29 is 24.1 Å². The molecular formula is C29H42ClFN6O4S. The van der Waals surface area contributed by atoms with Crippen LogP contribution >= 0.6 is 23.4 Å². The molecule has 2 aliphatic rings. The lowest BCUT2D eigenvalue weighted by Gasteiger charge is -2.46. The van der Waals surface area contributed by atoms with Gasteiger partial charge in [0.05, 0.1) is 29.5 Å². The number of alkyl carbamates (subject to hydrolysis) is 1. The predicted molar refractivity (Wildman–Crippen MR) is 162 cm³/mol. The van der Waals surface area contributed by atoms with Crippen LogP contribution in [-0.2, 0) is 11.3 Å². The van der Waals surface area contributed by atoms with Crippen LogP contribution in [0, 0.1) is 11.3 Å². The lowest BCUT2D eigenvalue weighted by molar-refractivity contribution is 0.00437. The fourth-order valence-corrected chi connectivity index (χ4v) is 6.32. The summed E-state index contributed by atoms with van der Waals surface area (Å²) >= 11 is 8.07. The van der Waals surface area contributed by atoms with Crippen LogP contribution in [-0.4, -0.2) is 81.4 Å². The van der Waals surface area contributed by atoms with E-state index in [0.717, 1.165) is 4.90 Å². The molecule has 0 aromatic carbocycles. The molecule has 0 spiro atoms. The maximum atomic E-state index is 14.1. The van der Waals surface area contributed by atoms with E-state index in [9.17, 15) is 19.4 Å². The molecule has 0 saturated carbocycles. The van der Waals surface area contributed by atoms with Gasteiger partial charge in [-0.2, -0.15) is 0 Å². The van der Waals surface area contributed by atoms with Crippen LogP contribution < -0.4 is 15.1 Å². The summed E-state index contributed by atoms with van der Waals surface area (Å²) in [4.78, 5) is 30.9. The normalized spacial score (nSPS) is 18.4. The van der Waals surface area contributed by atoms with Crippen molar-refractivity contribution in [2.75, 3.05) is 42.7 Å². The third-order valence-corrected chi connectivity index (χ3v) is 9.52. The van der Waals surface area contributed by atoms with E-state index < -0.39 is 35.4 Å². The monoisotopic (exact) mass is 624 g/mol. The minimum absolute atomic E-state index is 0.147. The number of aromatic nitrogens is 3. The van der Waals surface area contributed by atoms with E-state index in [0.29, 0.717) is 66.4 Å². The highest BCUT2D eigenvalue weighted by Crippen LogP contribution is 2.41. The van der Waals surface area contributed by atoms with E-state index in [2.05, 4.69) is 20.3 Å². The van der Waals surface area contributed by atoms with Crippen molar-refractivity contribution in [3.8, 4) is 0 Å². The fraction of sp³-hybridized carbons (Fsp3) is 0.655. The number of pyridine rings is 1. The number of nitrogens with one attached hydrogen (secondary N) is 1. The number of carbonyl (C=O) groups excluding carboxylic acids is 1. The largest absolute Gasteiger partial charge is 0.444 e. The highest BCUT2D eigenvalue weighted by molar-refractivity contribution is 7.99. The van der Waals surface area contributed by atoms with Crippen molar-refractivity contribution in [3.05, 3.63) is 29.2 Å². The van der Waals surface area contributed by atoms with Crippen LogP contribution in [0.5, 0.6) is 0 Å². The summed E-state index contributed by atoms with van der Waals surface area (Å²) in [6, 6.07) is 1.14. The summed E-state index contributed by atoms with van der Waals surface area (Å²) in [5, 5.41) is 24.2. The number of hydrogen-bond donors (Lipinski definition) is 3. The number of amides is 1. The third kappa shape index (κ3) is 7.56. The summed E-state index contributed by atoms with van der Waals surface area (Å²) in [7, 11) is 0. The van der Waals surface area contributed by atoms with Crippen LogP contribution in [0.4, 0.5) is 20.8 Å². The Kier molecular flexibility index (Phi) is 9.81. The van der Waals surface area contributed by atoms with Gasteiger partial charge < -0.3 is 30.1 Å². The van der Waals surface area contributed by atoms with Gasteiger partial charge in [0.25, 0.3) is 0 Å². The molecule has 2 fully saturated rings. The maximum absolute atomic E-state index is 14.1. The molecule has 0 bridgehead atoms. The molecule has 4 heterocycles. The summed E-state index contributed by atoms with van der Waals surface area (Å²) in [5.41, 5.74) is -1.45. The highest BCUT2D eigenvalue weighted by Gasteiger charge is 2.41. The zero-order valence-corrected chi connectivity index (χ0v) is 26.7. The molecule has 2 aliphatic heterocycles. The molecule has 232 valence electrons. The molecule has 2 saturated heterocycles. The second-order valence-electron chi connectivity index (χ2n) is 12.9.